The van der Waals surface area contributed by atoms with Crippen LogP contribution in [0, 0.1) is 0 Å². The molecule has 3 rings (SSSR count). The van der Waals surface area contributed by atoms with Gasteiger partial charge in [0.2, 0.25) is 0 Å². The average molecular weight is 456 g/mol. The number of phosphoric ester groups is 1. The highest BCUT2D eigenvalue weighted by molar-refractivity contribution is 7.48. The van der Waals surface area contributed by atoms with Crippen LogP contribution >= 0.6 is 7.82 Å². The second-order valence-electron chi connectivity index (χ2n) is 7.25. The topological polar surface area (TPSA) is 85.2 Å². The smallest absolute Gasteiger partial charge is 0.508 e. The van der Waals surface area contributed by atoms with Crippen LogP contribution in [0.25, 0.3) is 0 Å². The van der Waals surface area contributed by atoms with Crippen LogP contribution in [0.5, 0.6) is 17.2 Å². The van der Waals surface area contributed by atoms with Gasteiger partial charge in [-0.15, -0.1) is 0 Å². The molecule has 2 N–H and O–H groups in total. The molecule has 0 aliphatic rings. The molecule has 32 heavy (non-hydrogen) atoms. The number of benzene rings is 3. The van der Waals surface area contributed by atoms with Crippen LogP contribution in [0.4, 0.5) is 0 Å². The molecule has 7 heteroatoms. The molecule has 0 unspecified atom stereocenters. The van der Waals surface area contributed by atoms with Crippen LogP contribution in [0.3, 0.4) is 0 Å². The largest absolute Gasteiger partial charge is 0.530 e. The Kier molecular flexibility index (Phi) is 7.62. The van der Waals surface area contributed by atoms with Crippen molar-refractivity contribution in [1.29, 1.82) is 0 Å². The van der Waals surface area contributed by atoms with E-state index in [1.165, 1.54) is 0 Å². The normalized spacial score (nSPS) is 12.0. The van der Waals surface area contributed by atoms with Crippen LogP contribution < -0.4 is 4.52 Å². The Morgan fingerprint density at radius 2 is 1.06 bits per heavy atom. The van der Waals surface area contributed by atoms with Crippen LogP contribution in [-0.4, -0.2) is 23.4 Å². The molecule has 0 heterocycles. The highest BCUT2D eigenvalue weighted by atomic mass is 31.2. The lowest BCUT2D eigenvalue weighted by molar-refractivity contribution is 0.167. The predicted molar refractivity (Wildman–Crippen MR) is 124 cm³/mol. The molecule has 0 atom stereocenters. The number of phenols is 2. The van der Waals surface area contributed by atoms with Gasteiger partial charge in [-0.1, -0.05) is 43.3 Å². The lowest BCUT2D eigenvalue weighted by Crippen LogP contribution is -2.28. The Morgan fingerprint density at radius 3 is 1.41 bits per heavy atom. The number of rotatable bonds is 10. The van der Waals surface area contributed by atoms with E-state index in [4.69, 9.17) is 13.6 Å². The molecule has 3 aromatic carbocycles. The summed E-state index contributed by atoms with van der Waals surface area (Å²) in [6.45, 7) is 5.95. The van der Waals surface area contributed by atoms with Gasteiger partial charge in [-0.05, 0) is 73.4 Å². The van der Waals surface area contributed by atoms with E-state index in [0.717, 1.165) is 23.1 Å². The van der Waals surface area contributed by atoms with Crippen molar-refractivity contribution in [2.75, 3.05) is 13.2 Å². The molecule has 170 valence electrons. The van der Waals surface area contributed by atoms with Gasteiger partial charge in [-0.2, -0.15) is 0 Å². The summed E-state index contributed by atoms with van der Waals surface area (Å²) >= 11 is 0. The minimum Gasteiger partial charge on any atom is -0.508 e. The summed E-state index contributed by atoms with van der Waals surface area (Å²) < 4.78 is 28.7. The first-order valence-electron chi connectivity index (χ1n) is 10.6. The maximum absolute atomic E-state index is 12.7. The summed E-state index contributed by atoms with van der Waals surface area (Å²) in [5, 5.41) is 19.6. The van der Waals surface area contributed by atoms with Gasteiger partial charge in [0.15, 0.2) is 0 Å². The number of hydrogen-bond donors (Lipinski definition) is 2. The number of phenolic OH excluding ortho intramolecular Hbond substituents is 2. The molecule has 0 saturated carbocycles. The number of phosphoric acid groups is 1. The van der Waals surface area contributed by atoms with Crippen molar-refractivity contribution in [2.45, 2.75) is 32.6 Å². The summed E-state index contributed by atoms with van der Waals surface area (Å²) in [4.78, 5) is 0. The molecule has 0 aliphatic heterocycles. The van der Waals surface area contributed by atoms with Crippen molar-refractivity contribution in [3.8, 4) is 17.2 Å². The molecule has 0 aliphatic carbocycles. The van der Waals surface area contributed by atoms with Crippen molar-refractivity contribution in [3.05, 3.63) is 89.5 Å². The van der Waals surface area contributed by atoms with Crippen LogP contribution in [0.1, 0.15) is 43.9 Å². The first-order chi connectivity index (χ1) is 15.4. The van der Waals surface area contributed by atoms with Crippen LogP contribution in [0.2, 0.25) is 0 Å². The third kappa shape index (κ3) is 4.99. The molecule has 0 spiro atoms. The SMILES string of the molecule is CCOP(=O)(OCC)Oc1ccc(C(CC)(c2ccc(O)cc2)c2ccc(O)cc2)cc1. The lowest BCUT2D eigenvalue weighted by atomic mass is 9.68. The summed E-state index contributed by atoms with van der Waals surface area (Å²) in [5.41, 5.74) is 2.42. The Labute approximate surface area is 189 Å². The maximum atomic E-state index is 12.7. The van der Waals surface area contributed by atoms with E-state index >= 15 is 0 Å². The van der Waals surface area contributed by atoms with Gasteiger partial charge in [-0.3, -0.25) is 9.05 Å². The summed E-state index contributed by atoms with van der Waals surface area (Å²) in [6.07, 6.45) is 0.721. The Morgan fingerprint density at radius 1 is 0.688 bits per heavy atom. The van der Waals surface area contributed by atoms with E-state index in [2.05, 4.69) is 6.92 Å². The van der Waals surface area contributed by atoms with E-state index in [9.17, 15) is 14.8 Å². The molecular formula is C25H29O6P. The van der Waals surface area contributed by atoms with Gasteiger partial charge >= 0.3 is 7.82 Å². The van der Waals surface area contributed by atoms with Gasteiger partial charge in [0.25, 0.3) is 0 Å². The molecule has 0 fully saturated rings. The monoisotopic (exact) mass is 456 g/mol. The Hall–Kier alpha value is -2.79. The Balaban J connectivity index is 2.06. The van der Waals surface area contributed by atoms with Crippen molar-refractivity contribution in [1.82, 2.24) is 0 Å². The Bertz CT molecular complexity index is 990. The highest BCUT2D eigenvalue weighted by Crippen LogP contribution is 2.50. The molecule has 0 aromatic heterocycles. The van der Waals surface area contributed by atoms with Crippen molar-refractivity contribution in [2.24, 2.45) is 0 Å². The molecule has 0 radical (unpaired) electrons. The number of aromatic hydroxyl groups is 2. The molecule has 6 nitrogen and oxygen atoms in total. The van der Waals surface area contributed by atoms with E-state index in [1.54, 1.807) is 50.2 Å². The zero-order valence-electron chi connectivity index (χ0n) is 18.5. The quantitative estimate of drug-likeness (QED) is 0.271. The second-order valence-corrected chi connectivity index (χ2v) is 8.84. The van der Waals surface area contributed by atoms with E-state index in [-0.39, 0.29) is 24.7 Å². The summed E-state index contributed by atoms with van der Waals surface area (Å²) in [5.74, 6) is 0.756. The standard InChI is InChI=1S/C25H29O6P/c1-4-25(19-7-13-22(26)14-8-19,20-9-15-23(27)16-10-20)21-11-17-24(18-12-21)31-32(28,29-5-2)30-6-3/h7-18,26-27H,4-6H2,1-3H3. The van der Waals surface area contributed by atoms with Crippen LogP contribution in [-0.2, 0) is 19.0 Å². The first kappa shape index (κ1) is 23.9. The van der Waals surface area contributed by atoms with Gasteiger partial charge < -0.3 is 14.7 Å². The molecular weight excluding hydrogens is 427 g/mol. The minimum absolute atomic E-state index is 0.191. The summed E-state index contributed by atoms with van der Waals surface area (Å²) in [7, 11) is -3.69. The van der Waals surface area contributed by atoms with Gasteiger partial charge in [0.05, 0.1) is 13.2 Å². The molecule has 0 amide bonds. The van der Waals surface area contributed by atoms with Crippen molar-refractivity contribution in [3.63, 3.8) is 0 Å². The van der Waals surface area contributed by atoms with E-state index in [1.807, 2.05) is 36.4 Å². The van der Waals surface area contributed by atoms with Gasteiger partial charge in [0, 0.05) is 5.41 Å². The van der Waals surface area contributed by atoms with Gasteiger partial charge in [-0.25, -0.2) is 4.57 Å². The first-order valence-corrected chi connectivity index (χ1v) is 12.1. The fourth-order valence-corrected chi connectivity index (χ4v) is 5.13. The maximum Gasteiger partial charge on any atom is 0.530 e. The third-order valence-electron chi connectivity index (χ3n) is 5.39. The van der Waals surface area contributed by atoms with E-state index in [0.29, 0.717) is 5.75 Å². The third-order valence-corrected chi connectivity index (χ3v) is 6.97. The van der Waals surface area contributed by atoms with E-state index < -0.39 is 13.2 Å². The number of hydrogen-bond acceptors (Lipinski definition) is 6. The summed E-state index contributed by atoms with van der Waals surface area (Å²) in [6, 6.07) is 21.6. The average Bonchev–Trinajstić information content (AvgIpc) is 2.78. The van der Waals surface area contributed by atoms with Gasteiger partial charge in [0.1, 0.15) is 17.2 Å². The lowest BCUT2D eigenvalue weighted by Gasteiger charge is -2.35. The molecule has 0 saturated heterocycles. The van der Waals surface area contributed by atoms with Crippen molar-refractivity contribution < 1.29 is 28.3 Å². The predicted octanol–water partition coefficient (Wildman–Crippen LogP) is 6.40. The second kappa shape index (κ2) is 10.2. The highest BCUT2D eigenvalue weighted by Gasteiger charge is 2.35. The molecule has 3 aromatic rings. The zero-order chi connectivity index (χ0) is 23.2. The fraction of sp³-hybridized carbons (Fsp3) is 0.280. The minimum atomic E-state index is -3.69. The van der Waals surface area contributed by atoms with Crippen molar-refractivity contribution >= 4 is 7.82 Å². The fourth-order valence-electron chi connectivity index (χ4n) is 3.94. The van der Waals surface area contributed by atoms with Crippen LogP contribution in [0.15, 0.2) is 72.8 Å². The zero-order valence-corrected chi connectivity index (χ0v) is 19.4. The molecule has 0 bridgehead atoms.